The second-order valence-electron chi connectivity index (χ2n) is 6.84. The smallest absolute Gasteiger partial charge is 0.269 e. The lowest BCUT2D eigenvalue weighted by molar-refractivity contribution is 0.0930. The van der Waals surface area contributed by atoms with Gasteiger partial charge >= 0.3 is 0 Å². The van der Waals surface area contributed by atoms with Crippen LogP contribution in [0.4, 0.5) is 0 Å². The fraction of sp³-hybridized carbons (Fsp3) is 0.450. The van der Waals surface area contributed by atoms with Gasteiger partial charge in [0.2, 0.25) is 0 Å². The Morgan fingerprint density at radius 2 is 2.11 bits per heavy atom. The fourth-order valence-corrected chi connectivity index (χ4v) is 4.29. The van der Waals surface area contributed by atoms with Gasteiger partial charge in [0.1, 0.15) is 5.69 Å². The monoisotopic (exact) mass is 400 g/mol. The van der Waals surface area contributed by atoms with Crippen molar-refractivity contribution in [1.29, 1.82) is 0 Å². The third-order valence-corrected chi connectivity index (χ3v) is 5.93. The number of thiophene rings is 1. The Bertz CT molecular complexity index is 923. The number of carbonyl (C=O) groups is 1. The van der Waals surface area contributed by atoms with Crippen LogP contribution in [0.3, 0.4) is 0 Å². The molecule has 3 aromatic heterocycles. The molecular weight excluding hydrogens is 372 g/mol. The van der Waals surface area contributed by atoms with Gasteiger partial charge in [0.15, 0.2) is 0 Å². The second kappa shape index (κ2) is 8.70. The van der Waals surface area contributed by atoms with Crippen LogP contribution >= 0.6 is 11.3 Å². The average Bonchev–Trinajstić information content (AvgIpc) is 3.41. The van der Waals surface area contributed by atoms with Crippen molar-refractivity contribution in [2.24, 2.45) is 7.05 Å². The average molecular weight is 401 g/mol. The molecule has 3 heterocycles. The highest BCUT2D eigenvalue weighted by Crippen LogP contribution is 2.25. The normalized spacial score (nSPS) is 12.5. The zero-order valence-electron chi connectivity index (χ0n) is 17.1. The SMILES string of the molecule is CCN(CC)C(CNC(=O)c1cc(-c2c(C)nn(C)c2C)n[nH]1)c1ccsc1. The summed E-state index contributed by atoms with van der Waals surface area (Å²) in [5.41, 5.74) is 5.33. The summed E-state index contributed by atoms with van der Waals surface area (Å²) in [6.07, 6.45) is 0. The highest BCUT2D eigenvalue weighted by molar-refractivity contribution is 7.07. The molecule has 3 rings (SSSR count). The van der Waals surface area contributed by atoms with E-state index in [1.54, 1.807) is 17.4 Å². The molecule has 0 spiro atoms. The van der Waals surface area contributed by atoms with Gasteiger partial charge in [-0.15, -0.1) is 0 Å². The lowest BCUT2D eigenvalue weighted by Gasteiger charge is -2.29. The predicted octanol–water partition coefficient (Wildman–Crippen LogP) is 3.30. The van der Waals surface area contributed by atoms with Crippen molar-refractivity contribution in [3.05, 3.63) is 45.5 Å². The Hall–Kier alpha value is -2.45. The van der Waals surface area contributed by atoms with Crippen LogP contribution < -0.4 is 5.32 Å². The van der Waals surface area contributed by atoms with Gasteiger partial charge in [-0.1, -0.05) is 13.8 Å². The standard InChI is InChI=1S/C20H28N6OS/c1-6-26(7-2)18(15-8-9-28-12-15)11-21-20(27)17-10-16(22-23-17)19-13(3)24-25(5)14(19)4/h8-10,12,18H,6-7,11H2,1-5H3,(H,21,27)(H,22,23). The van der Waals surface area contributed by atoms with Crippen molar-refractivity contribution in [2.45, 2.75) is 33.7 Å². The molecule has 0 radical (unpaired) electrons. The molecule has 0 saturated carbocycles. The third-order valence-electron chi connectivity index (χ3n) is 5.22. The number of aryl methyl sites for hydroxylation is 2. The Morgan fingerprint density at radius 1 is 1.36 bits per heavy atom. The molecule has 0 fully saturated rings. The van der Waals surface area contributed by atoms with E-state index in [9.17, 15) is 4.79 Å². The number of amides is 1. The number of likely N-dealkylation sites (N-methyl/N-ethyl adjacent to an activating group) is 1. The first kappa shape index (κ1) is 20.3. The van der Waals surface area contributed by atoms with E-state index >= 15 is 0 Å². The molecule has 28 heavy (non-hydrogen) atoms. The van der Waals surface area contributed by atoms with Gasteiger partial charge in [0, 0.05) is 24.8 Å². The number of aromatic amines is 1. The highest BCUT2D eigenvalue weighted by Gasteiger charge is 2.21. The van der Waals surface area contributed by atoms with Crippen molar-refractivity contribution >= 4 is 17.2 Å². The van der Waals surface area contributed by atoms with Crippen LogP contribution in [0, 0.1) is 13.8 Å². The number of nitrogens with zero attached hydrogens (tertiary/aromatic N) is 4. The molecule has 2 N–H and O–H groups in total. The van der Waals surface area contributed by atoms with Crippen LogP contribution in [0.1, 0.15) is 47.3 Å². The highest BCUT2D eigenvalue weighted by atomic mass is 32.1. The number of nitrogens with one attached hydrogen (secondary N) is 2. The number of carbonyl (C=O) groups excluding carboxylic acids is 1. The van der Waals surface area contributed by atoms with Gasteiger partial charge < -0.3 is 5.32 Å². The maximum Gasteiger partial charge on any atom is 0.269 e. The molecule has 7 nitrogen and oxygen atoms in total. The van der Waals surface area contributed by atoms with Gasteiger partial charge in [-0.25, -0.2) is 0 Å². The molecule has 0 aromatic carbocycles. The molecule has 0 bridgehead atoms. The van der Waals surface area contributed by atoms with Gasteiger partial charge in [-0.3, -0.25) is 19.5 Å². The number of rotatable bonds is 8. The van der Waals surface area contributed by atoms with Crippen molar-refractivity contribution < 1.29 is 4.79 Å². The number of hydrogen-bond acceptors (Lipinski definition) is 5. The van der Waals surface area contributed by atoms with E-state index in [-0.39, 0.29) is 11.9 Å². The minimum atomic E-state index is -0.148. The van der Waals surface area contributed by atoms with E-state index in [1.807, 2.05) is 25.6 Å². The van der Waals surface area contributed by atoms with Gasteiger partial charge in [0.05, 0.1) is 17.4 Å². The Labute approximate surface area is 169 Å². The van der Waals surface area contributed by atoms with E-state index in [4.69, 9.17) is 0 Å². The van der Waals surface area contributed by atoms with E-state index in [0.717, 1.165) is 35.7 Å². The van der Waals surface area contributed by atoms with E-state index in [2.05, 4.69) is 56.2 Å². The first-order valence-electron chi connectivity index (χ1n) is 9.56. The summed E-state index contributed by atoms with van der Waals surface area (Å²) >= 11 is 1.68. The Balaban J connectivity index is 1.73. The quantitative estimate of drug-likeness (QED) is 0.608. The Morgan fingerprint density at radius 3 is 2.68 bits per heavy atom. The Kier molecular flexibility index (Phi) is 6.31. The van der Waals surface area contributed by atoms with Crippen LogP contribution in [0.2, 0.25) is 0 Å². The van der Waals surface area contributed by atoms with Crippen LogP contribution in [-0.2, 0) is 7.05 Å². The molecule has 0 aliphatic rings. The molecule has 3 aromatic rings. The van der Waals surface area contributed by atoms with Crippen LogP contribution in [0.15, 0.2) is 22.9 Å². The summed E-state index contributed by atoms with van der Waals surface area (Å²) < 4.78 is 1.83. The van der Waals surface area contributed by atoms with E-state index < -0.39 is 0 Å². The number of hydrogen-bond donors (Lipinski definition) is 2. The minimum absolute atomic E-state index is 0.148. The van der Waals surface area contributed by atoms with Crippen LogP contribution in [0.5, 0.6) is 0 Å². The molecule has 0 aliphatic heterocycles. The van der Waals surface area contributed by atoms with Crippen LogP contribution in [-0.4, -0.2) is 50.4 Å². The molecule has 8 heteroatoms. The van der Waals surface area contributed by atoms with Gasteiger partial charge in [-0.2, -0.15) is 21.5 Å². The van der Waals surface area contributed by atoms with Crippen molar-refractivity contribution in [3.63, 3.8) is 0 Å². The zero-order valence-corrected chi connectivity index (χ0v) is 17.9. The molecule has 0 saturated heterocycles. The molecule has 1 atom stereocenters. The second-order valence-corrected chi connectivity index (χ2v) is 7.62. The first-order valence-corrected chi connectivity index (χ1v) is 10.5. The van der Waals surface area contributed by atoms with Crippen molar-refractivity contribution in [3.8, 4) is 11.3 Å². The van der Waals surface area contributed by atoms with E-state index in [0.29, 0.717) is 12.2 Å². The number of aromatic nitrogens is 4. The maximum atomic E-state index is 12.7. The molecule has 150 valence electrons. The summed E-state index contributed by atoms with van der Waals surface area (Å²) in [5.74, 6) is -0.148. The topological polar surface area (TPSA) is 78.8 Å². The largest absolute Gasteiger partial charge is 0.349 e. The van der Waals surface area contributed by atoms with Crippen molar-refractivity contribution in [2.75, 3.05) is 19.6 Å². The fourth-order valence-electron chi connectivity index (χ4n) is 3.58. The first-order chi connectivity index (χ1) is 13.5. The lowest BCUT2D eigenvalue weighted by Crippen LogP contribution is -2.38. The summed E-state index contributed by atoms with van der Waals surface area (Å²) in [4.78, 5) is 15.1. The minimum Gasteiger partial charge on any atom is -0.349 e. The van der Waals surface area contributed by atoms with Gasteiger partial charge in [0.25, 0.3) is 5.91 Å². The van der Waals surface area contributed by atoms with Gasteiger partial charge in [-0.05, 0) is 55.4 Å². The van der Waals surface area contributed by atoms with Crippen molar-refractivity contribution in [1.82, 2.24) is 30.2 Å². The lowest BCUT2D eigenvalue weighted by atomic mass is 10.1. The summed E-state index contributed by atoms with van der Waals surface area (Å²) in [6.45, 7) is 10.7. The number of H-pyrrole nitrogens is 1. The molecule has 0 aliphatic carbocycles. The molecular formula is C20H28N6OS. The maximum absolute atomic E-state index is 12.7. The summed E-state index contributed by atoms with van der Waals surface area (Å²) in [5, 5.41) is 18.9. The zero-order chi connectivity index (χ0) is 20.3. The summed E-state index contributed by atoms with van der Waals surface area (Å²) in [7, 11) is 1.91. The third kappa shape index (κ3) is 4.02. The summed E-state index contributed by atoms with van der Waals surface area (Å²) in [6, 6.07) is 4.08. The predicted molar refractivity (Wildman–Crippen MR) is 113 cm³/mol. The van der Waals surface area contributed by atoms with Crippen LogP contribution in [0.25, 0.3) is 11.3 Å². The molecule has 1 unspecified atom stereocenters. The van der Waals surface area contributed by atoms with E-state index in [1.165, 1.54) is 5.56 Å². The molecule has 1 amide bonds.